The third kappa shape index (κ3) is 3.27. The number of aromatic nitrogens is 4. The highest BCUT2D eigenvalue weighted by Gasteiger charge is 2.17. The third-order valence-electron chi connectivity index (χ3n) is 3.03. The van der Waals surface area contributed by atoms with Gasteiger partial charge in [0.2, 0.25) is 5.95 Å². The molecule has 0 aliphatic heterocycles. The Morgan fingerprint density at radius 2 is 1.95 bits per heavy atom. The van der Waals surface area contributed by atoms with Gasteiger partial charge in [0.15, 0.2) is 0 Å². The zero-order chi connectivity index (χ0) is 16.3. The van der Waals surface area contributed by atoms with Crippen LogP contribution in [0.4, 0.5) is 5.95 Å². The highest BCUT2D eigenvalue weighted by atomic mass is 16.2. The Labute approximate surface area is 128 Å². The molecule has 2 aromatic rings. The Balaban J connectivity index is 2.27. The molecule has 0 atom stereocenters. The van der Waals surface area contributed by atoms with Crippen molar-refractivity contribution in [2.24, 2.45) is 7.05 Å². The lowest BCUT2D eigenvalue weighted by molar-refractivity contribution is 0.0960. The lowest BCUT2D eigenvalue weighted by Crippen LogP contribution is -2.22. The van der Waals surface area contributed by atoms with Gasteiger partial charge in [0.1, 0.15) is 0 Å². The second-order valence-corrected chi connectivity index (χ2v) is 5.08. The zero-order valence-corrected chi connectivity index (χ0v) is 12.9. The Hall–Kier alpha value is -2.77. The van der Waals surface area contributed by atoms with Crippen molar-refractivity contribution in [2.75, 3.05) is 12.4 Å². The molecule has 8 nitrogen and oxygen atoms in total. The molecule has 2 N–H and O–H groups in total. The summed E-state index contributed by atoms with van der Waals surface area (Å²) in [6, 6.07) is 0. The molecule has 0 aliphatic carbocycles. The molecule has 0 bridgehead atoms. The lowest BCUT2D eigenvalue weighted by atomic mass is 10.0. The molecule has 22 heavy (non-hydrogen) atoms. The number of hydrogen-bond acceptors (Lipinski definition) is 5. The van der Waals surface area contributed by atoms with Gasteiger partial charge in [0.05, 0.1) is 23.0 Å². The number of hydrogen-bond donors (Lipinski definition) is 2. The topological polar surface area (TPSA) is 102 Å². The largest absolute Gasteiger partial charge is 0.355 e. The Morgan fingerprint density at radius 1 is 1.23 bits per heavy atom. The van der Waals surface area contributed by atoms with Gasteiger partial charge in [-0.15, -0.1) is 0 Å². The number of carbonyl (C=O) groups excluding carboxylic acids is 2. The summed E-state index contributed by atoms with van der Waals surface area (Å²) in [5, 5.41) is 9.09. The summed E-state index contributed by atoms with van der Waals surface area (Å²) in [6.45, 7) is 3.84. The van der Waals surface area contributed by atoms with E-state index in [0.717, 1.165) is 0 Å². The lowest BCUT2D eigenvalue weighted by Gasteiger charge is -2.12. The van der Waals surface area contributed by atoms with Crippen LogP contribution in [-0.4, -0.2) is 38.6 Å². The van der Waals surface area contributed by atoms with Crippen molar-refractivity contribution >= 4 is 17.8 Å². The fourth-order valence-corrected chi connectivity index (χ4v) is 1.92. The summed E-state index contributed by atoms with van der Waals surface area (Å²) >= 11 is 0. The van der Waals surface area contributed by atoms with Crippen LogP contribution in [0.1, 0.15) is 46.2 Å². The quantitative estimate of drug-likeness (QED) is 0.875. The van der Waals surface area contributed by atoms with E-state index in [1.54, 1.807) is 20.3 Å². The normalized spacial score (nSPS) is 10.6. The van der Waals surface area contributed by atoms with Crippen LogP contribution in [0.5, 0.6) is 0 Å². The van der Waals surface area contributed by atoms with Crippen LogP contribution in [0.3, 0.4) is 0 Å². The Bertz CT molecular complexity index is 707. The molecule has 0 unspecified atom stereocenters. The van der Waals surface area contributed by atoms with Gasteiger partial charge in [-0.2, -0.15) is 5.10 Å². The number of rotatable bonds is 4. The highest BCUT2D eigenvalue weighted by Crippen LogP contribution is 2.18. The smallest absolute Gasteiger partial charge is 0.261 e. The van der Waals surface area contributed by atoms with E-state index in [9.17, 15) is 9.59 Å². The first-order valence-corrected chi connectivity index (χ1v) is 6.81. The van der Waals surface area contributed by atoms with Gasteiger partial charge in [-0.25, -0.2) is 9.97 Å². The van der Waals surface area contributed by atoms with Gasteiger partial charge in [0, 0.05) is 26.5 Å². The molecular formula is C14H18N6O2. The molecule has 116 valence electrons. The maximum Gasteiger partial charge on any atom is 0.261 e. The molecule has 8 heteroatoms. The molecule has 0 saturated heterocycles. The van der Waals surface area contributed by atoms with E-state index in [2.05, 4.69) is 25.7 Å². The summed E-state index contributed by atoms with van der Waals surface area (Å²) in [7, 11) is 3.27. The van der Waals surface area contributed by atoms with E-state index in [1.807, 2.05) is 13.8 Å². The molecule has 0 fully saturated rings. The molecule has 0 aliphatic rings. The van der Waals surface area contributed by atoms with E-state index >= 15 is 0 Å². The fourth-order valence-electron chi connectivity index (χ4n) is 1.92. The number of nitrogens with one attached hydrogen (secondary N) is 2. The number of aryl methyl sites for hydroxylation is 1. The average Bonchev–Trinajstić information content (AvgIpc) is 2.93. The van der Waals surface area contributed by atoms with Gasteiger partial charge in [-0.3, -0.25) is 19.6 Å². The van der Waals surface area contributed by atoms with Crippen LogP contribution < -0.4 is 10.6 Å². The van der Waals surface area contributed by atoms with Crippen LogP contribution in [0.15, 0.2) is 18.6 Å². The SMILES string of the molecule is CNC(=O)c1cnc(NC(=O)c2cnn(C)c2)nc1C(C)C. The van der Waals surface area contributed by atoms with E-state index < -0.39 is 0 Å². The Morgan fingerprint density at radius 3 is 2.50 bits per heavy atom. The number of anilines is 1. The summed E-state index contributed by atoms with van der Waals surface area (Å²) in [6.07, 6.45) is 4.47. The summed E-state index contributed by atoms with van der Waals surface area (Å²) in [5.41, 5.74) is 1.39. The molecule has 0 saturated carbocycles. The molecule has 2 heterocycles. The van der Waals surface area contributed by atoms with Gasteiger partial charge in [-0.1, -0.05) is 13.8 Å². The molecule has 0 aromatic carbocycles. The molecule has 2 rings (SSSR count). The van der Waals surface area contributed by atoms with Crippen molar-refractivity contribution in [3.8, 4) is 0 Å². The fraction of sp³-hybridized carbons (Fsp3) is 0.357. The first-order valence-electron chi connectivity index (χ1n) is 6.81. The minimum absolute atomic E-state index is 0.0179. The number of nitrogens with zero attached hydrogens (tertiary/aromatic N) is 4. The van der Waals surface area contributed by atoms with E-state index in [0.29, 0.717) is 16.8 Å². The first kappa shape index (κ1) is 15.6. The molecule has 2 amide bonds. The first-order chi connectivity index (χ1) is 10.4. The predicted molar refractivity (Wildman–Crippen MR) is 80.7 cm³/mol. The van der Waals surface area contributed by atoms with Crippen LogP contribution in [0.25, 0.3) is 0 Å². The molecular weight excluding hydrogens is 284 g/mol. The van der Waals surface area contributed by atoms with Crippen molar-refractivity contribution in [1.29, 1.82) is 0 Å². The van der Waals surface area contributed by atoms with Crippen LogP contribution >= 0.6 is 0 Å². The Kier molecular flexibility index (Phi) is 4.50. The van der Waals surface area contributed by atoms with Crippen molar-refractivity contribution in [3.63, 3.8) is 0 Å². The van der Waals surface area contributed by atoms with Gasteiger partial charge < -0.3 is 5.32 Å². The summed E-state index contributed by atoms with van der Waals surface area (Å²) in [5.74, 6) is -0.432. The number of amides is 2. The summed E-state index contributed by atoms with van der Waals surface area (Å²) in [4.78, 5) is 32.2. The maximum absolute atomic E-state index is 12.1. The molecule has 0 spiro atoms. The van der Waals surface area contributed by atoms with E-state index in [1.165, 1.54) is 17.1 Å². The maximum atomic E-state index is 12.1. The van der Waals surface area contributed by atoms with Gasteiger partial charge in [-0.05, 0) is 5.92 Å². The van der Waals surface area contributed by atoms with E-state index in [4.69, 9.17) is 0 Å². The minimum atomic E-state index is -0.351. The number of carbonyl (C=O) groups is 2. The van der Waals surface area contributed by atoms with Crippen molar-refractivity contribution < 1.29 is 9.59 Å². The van der Waals surface area contributed by atoms with Crippen LogP contribution in [0, 0.1) is 0 Å². The van der Waals surface area contributed by atoms with Gasteiger partial charge in [0.25, 0.3) is 11.8 Å². The van der Waals surface area contributed by atoms with E-state index in [-0.39, 0.29) is 23.7 Å². The van der Waals surface area contributed by atoms with Crippen molar-refractivity contribution in [2.45, 2.75) is 19.8 Å². The second kappa shape index (κ2) is 6.33. The van der Waals surface area contributed by atoms with Crippen molar-refractivity contribution in [3.05, 3.63) is 35.4 Å². The minimum Gasteiger partial charge on any atom is -0.355 e. The second-order valence-electron chi connectivity index (χ2n) is 5.08. The monoisotopic (exact) mass is 302 g/mol. The molecule has 2 aromatic heterocycles. The van der Waals surface area contributed by atoms with Crippen LogP contribution in [-0.2, 0) is 7.05 Å². The zero-order valence-electron chi connectivity index (χ0n) is 12.9. The van der Waals surface area contributed by atoms with Crippen LogP contribution in [0.2, 0.25) is 0 Å². The third-order valence-corrected chi connectivity index (χ3v) is 3.03. The standard InChI is InChI=1S/C14H18N6O2/c1-8(2)11-10(13(22)15-3)6-16-14(18-11)19-12(21)9-5-17-20(4)7-9/h5-8H,1-4H3,(H,15,22)(H,16,18,19,21). The van der Waals surface area contributed by atoms with Crippen molar-refractivity contribution in [1.82, 2.24) is 25.1 Å². The summed E-state index contributed by atoms with van der Waals surface area (Å²) < 4.78 is 1.53. The average molecular weight is 302 g/mol. The van der Waals surface area contributed by atoms with Gasteiger partial charge >= 0.3 is 0 Å². The highest BCUT2D eigenvalue weighted by molar-refractivity contribution is 6.03. The molecule has 0 radical (unpaired) electrons. The predicted octanol–water partition coefficient (Wildman–Crippen LogP) is 0.945.